The fourth-order valence-electron chi connectivity index (χ4n) is 4.94. The SMILES string of the molecule is CCCCCCCCCCCCCCCCCC(=O)c1ccc(C(ON)(C(=O)Br)c2ccccc2)cc1. The summed E-state index contributed by atoms with van der Waals surface area (Å²) >= 11 is 3.06. The molecule has 0 aromatic heterocycles. The lowest BCUT2D eigenvalue weighted by molar-refractivity contribution is -0.130. The number of carbonyl (C=O) groups is 2. The fraction of sp³-hybridized carbons (Fsp3) is 0.562. The molecule has 204 valence electrons. The summed E-state index contributed by atoms with van der Waals surface area (Å²) in [6.45, 7) is 2.27. The van der Waals surface area contributed by atoms with Crippen LogP contribution < -0.4 is 5.90 Å². The number of unbranched alkanes of at least 4 members (excludes halogenated alkanes) is 14. The Morgan fingerprint density at radius 2 is 1.11 bits per heavy atom. The zero-order valence-corrected chi connectivity index (χ0v) is 24.3. The molecule has 0 heterocycles. The molecular formula is C32H46BrNO3. The molecule has 0 aliphatic heterocycles. The van der Waals surface area contributed by atoms with Crippen molar-refractivity contribution in [2.45, 2.75) is 115 Å². The van der Waals surface area contributed by atoms with Crippen LogP contribution in [0, 0.1) is 0 Å². The highest BCUT2D eigenvalue weighted by Gasteiger charge is 2.42. The number of halogens is 1. The van der Waals surface area contributed by atoms with Crippen LogP contribution in [0.15, 0.2) is 54.6 Å². The molecule has 0 fully saturated rings. The maximum Gasteiger partial charge on any atom is 0.240 e. The minimum Gasteiger partial charge on any atom is -0.294 e. The Hall–Kier alpha value is -1.82. The van der Waals surface area contributed by atoms with Crippen molar-refractivity contribution in [1.29, 1.82) is 0 Å². The minimum atomic E-state index is -1.46. The summed E-state index contributed by atoms with van der Waals surface area (Å²) in [5, 5.41) is 0. The predicted octanol–water partition coefficient (Wildman–Crippen LogP) is 9.19. The average molecular weight is 573 g/mol. The van der Waals surface area contributed by atoms with Gasteiger partial charge in [0.1, 0.15) is 0 Å². The highest BCUT2D eigenvalue weighted by Crippen LogP contribution is 2.35. The van der Waals surface area contributed by atoms with Crippen molar-refractivity contribution in [2.24, 2.45) is 5.90 Å². The predicted molar refractivity (Wildman–Crippen MR) is 157 cm³/mol. The number of ketones is 1. The van der Waals surface area contributed by atoms with Crippen LogP contribution in [0.25, 0.3) is 0 Å². The summed E-state index contributed by atoms with van der Waals surface area (Å²) in [7, 11) is 0. The van der Waals surface area contributed by atoms with E-state index < -0.39 is 10.3 Å². The Bertz CT molecular complexity index is 900. The number of benzene rings is 2. The lowest BCUT2D eigenvalue weighted by Crippen LogP contribution is -2.39. The molecule has 0 saturated carbocycles. The van der Waals surface area contributed by atoms with Gasteiger partial charge in [-0.15, -0.1) is 0 Å². The van der Waals surface area contributed by atoms with Gasteiger partial charge in [-0.2, -0.15) is 0 Å². The van der Waals surface area contributed by atoms with Crippen LogP contribution in [0.4, 0.5) is 0 Å². The maximum atomic E-state index is 12.7. The monoisotopic (exact) mass is 571 g/mol. The van der Waals surface area contributed by atoms with Crippen LogP contribution >= 0.6 is 15.9 Å². The number of nitrogens with two attached hydrogens (primary N) is 1. The lowest BCUT2D eigenvalue weighted by Gasteiger charge is -2.29. The molecule has 4 nitrogen and oxygen atoms in total. The van der Waals surface area contributed by atoms with E-state index in [2.05, 4.69) is 22.9 Å². The molecule has 1 atom stereocenters. The molecule has 0 aliphatic carbocycles. The topological polar surface area (TPSA) is 69.4 Å². The first-order chi connectivity index (χ1) is 18.1. The van der Waals surface area contributed by atoms with Crippen LogP contribution in [0.2, 0.25) is 0 Å². The number of rotatable bonds is 21. The van der Waals surface area contributed by atoms with Crippen molar-refractivity contribution in [3.8, 4) is 0 Å². The van der Waals surface area contributed by atoms with Crippen molar-refractivity contribution in [2.75, 3.05) is 0 Å². The summed E-state index contributed by atoms with van der Waals surface area (Å²) in [4.78, 5) is 30.5. The summed E-state index contributed by atoms with van der Waals surface area (Å²) in [5.74, 6) is 5.75. The quantitative estimate of drug-likeness (QED) is 0.0701. The number of hydrogen-bond donors (Lipinski definition) is 1. The largest absolute Gasteiger partial charge is 0.294 e. The lowest BCUT2D eigenvalue weighted by atomic mass is 9.86. The third-order valence-corrected chi connectivity index (χ3v) is 7.81. The van der Waals surface area contributed by atoms with Gasteiger partial charge < -0.3 is 0 Å². The average Bonchev–Trinajstić information content (AvgIpc) is 2.92. The first-order valence-electron chi connectivity index (χ1n) is 14.3. The molecule has 2 aromatic carbocycles. The second-order valence-corrected chi connectivity index (χ2v) is 10.9. The Morgan fingerprint density at radius 1 is 0.676 bits per heavy atom. The second kappa shape index (κ2) is 18.4. The number of hydrogen-bond acceptors (Lipinski definition) is 4. The third-order valence-electron chi connectivity index (χ3n) is 7.25. The van der Waals surface area contributed by atoms with Gasteiger partial charge in [0.2, 0.25) is 10.3 Å². The normalized spacial score (nSPS) is 12.8. The van der Waals surface area contributed by atoms with Gasteiger partial charge in [-0.3, -0.25) is 14.4 Å². The Balaban J connectivity index is 1.64. The molecule has 2 N–H and O–H groups in total. The van der Waals surface area contributed by atoms with Crippen LogP contribution in [0.3, 0.4) is 0 Å². The van der Waals surface area contributed by atoms with E-state index in [0.29, 0.717) is 23.1 Å². The third kappa shape index (κ3) is 10.5. The molecular weight excluding hydrogens is 526 g/mol. The van der Waals surface area contributed by atoms with Gasteiger partial charge in [-0.1, -0.05) is 151 Å². The molecule has 0 amide bonds. The van der Waals surface area contributed by atoms with Crippen molar-refractivity contribution in [3.05, 3.63) is 71.3 Å². The molecule has 0 bridgehead atoms. The molecule has 5 heteroatoms. The first kappa shape index (κ1) is 31.4. The van der Waals surface area contributed by atoms with E-state index in [1.54, 1.807) is 36.4 Å². The maximum absolute atomic E-state index is 12.7. The van der Waals surface area contributed by atoms with Crippen molar-refractivity contribution < 1.29 is 14.4 Å². The van der Waals surface area contributed by atoms with E-state index in [0.717, 1.165) is 12.8 Å². The number of carbonyl (C=O) groups excluding carboxylic acids is 2. The molecule has 2 aromatic rings. The van der Waals surface area contributed by atoms with Crippen LogP contribution in [-0.4, -0.2) is 10.5 Å². The summed E-state index contributed by atoms with van der Waals surface area (Å²) < 4.78 is -0.398. The van der Waals surface area contributed by atoms with E-state index in [9.17, 15) is 9.59 Å². The molecule has 0 radical (unpaired) electrons. The van der Waals surface area contributed by atoms with Crippen molar-refractivity contribution in [3.63, 3.8) is 0 Å². The van der Waals surface area contributed by atoms with Crippen molar-refractivity contribution in [1.82, 2.24) is 0 Å². The first-order valence-corrected chi connectivity index (χ1v) is 15.1. The smallest absolute Gasteiger partial charge is 0.240 e. The molecule has 0 aliphatic rings. The molecule has 0 saturated heterocycles. The highest BCUT2D eigenvalue weighted by atomic mass is 79.9. The van der Waals surface area contributed by atoms with E-state index in [1.165, 1.54) is 83.5 Å². The Morgan fingerprint density at radius 3 is 1.54 bits per heavy atom. The zero-order chi connectivity index (χ0) is 26.8. The molecule has 2 rings (SSSR count). The molecule has 37 heavy (non-hydrogen) atoms. The van der Waals surface area contributed by atoms with Gasteiger partial charge in [0.15, 0.2) is 5.78 Å². The van der Waals surface area contributed by atoms with Crippen LogP contribution in [0.1, 0.15) is 131 Å². The Labute approximate surface area is 232 Å². The van der Waals surface area contributed by atoms with E-state index in [4.69, 9.17) is 10.7 Å². The number of Topliss-reactive ketones (excluding diaryl/α,β-unsaturated/α-hetero) is 1. The summed E-state index contributed by atoms with van der Waals surface area (Å²) in [6, 6.07) is 16.1. The van der Waals surface area contributed by atoms with Gasteiger partial charge in [0, 0.05) is 12.0 Å². The standard InChI is InChI=1S/C32H46BrNO3/c1-2-3-4-5-6-7-8-9-10-11-12-13-14-15-19-22-30(35)27-23-25-29(26-24-27)32(37-34,31(33)36)28-20-17-16-18-21-28/h16-18,20-21,23-26H,2-15,19,22,34H2,1H3. The van der Waals surface area contributed by atoms with Gasteiger partial charge in [0.25, 0.3) is 0 Å². The van der Waals surface area contributed by atoms with E-state index >= 15 is 0 Å². The zero-order valence-electron chi connectivity index (χ0n) is 22.7. The van der Waals surface area contributed by atoms with Gasteiger partial charge in [0.05, 0.1) is 0 Å². The summed E-state index contributed by atoms with van der Waals surface area (Å²) in [5.41, 5.74) is 0.384. The van der Waals surface area contributed by atoms with Gasteiger partial charge >= 0.3 is 0 Å². The molecule has 0 spiro atoms. The fourth-order valence-corrected chi connectivity index (χ4v) is 5.49. The summed E-state index contributed by atoms with van der Waals surface area (Å²) in [6.07, 6.45) is 20.2. The second-order valence-electron chi connectivity index (χ2n) is 10.1. The van der Waals surface area contributed by atoms with Gasteiger partial charge in [-0.05, 0) is 33.5 Å². The van der Waals surface area contributed by atoms with Crippen molar-refractivity contribution >= 4 is 26.4 Å². The minimum absolute atomic E-state index is 0.130. The van der Waals surface area contributed by atoms with E-state index in [1.807, 2.05) is 18.2 Å². The van der Waals surface area contributed by atoms with Crippen LogP contribution in [0.5, 0.6) is 0 Å². The van der Waals surface area contributed by atoms with Crippen LogP contribution in [-0.2, 0) is 15.2 Å². The molecule has 1 unspecified atom stereocenters. The highest BCUT2D eigenvalue weighted by molar-refractivity contribution is 9.18. The van der Waals surface area contributed by atoms with E-state index in [-0.39, 0.29) is 5.78 Å². The van der Waals surface area contributed by atoms with Gasteiger partial charge in [-0.25, -0.2) is 5.90 Å². The Kier molecular flexibility index (Phi) is 15.6.